The summed E-state index contributed by atoms with van der Waals surface area (Å²) in [4.78, 5) is 13.2. The van der Waals surface area contributed by atoms with E-state index in [9.17, 15) is 4.79 Å². The molecule has 1 amide bonds. The topological polar surface area (TPSA) is 55.1 Å². The summed E-state index contributed by atoms with van der Waals surface area (Å²) in [5.74, 6) is 2.56. The third kappa shape index (κ3) is 3.41. The van der Waals surface area contributed by atoms with E-state index < -0.39 is 5.41 Å². The van der Waals surface area contributed by atoms with Crippen molar-refractivity contribution in [2.75, 3.05) is 6.54 Å². The van der Waals surface area contributed by atoms with Crippen LogP contribution in [0.2, 0.25) is 0 Å². The first-order valence-corrected chi connectivity index (χ1v) is 9.12. The van der Waals surface area contributed by atoms with E-state index in [-0.39, 0.29) is 5.91 Å². The van der Waals surface area contributed by atoms with Crippen LogP contribution in [0.4, 0.5) is 0 Å². The van der Waals surface area contributed by atoms with Gasteiger partial charge in [-0.15, -0.1) is 0 Å². The van der Waals surface area contributed by atoms with Crippen LogP contribution in [0.3, 0.4) is 0 Å². The fraction of sp³-hybridized carbons (Fsp3) is 0.882. The van der Waals surface area contributed by atoms with Gasteiger partial charge in [0, 0.05) is 6.54 Å². The van der Waals surface area contributed by atoms with Gasteiger partial charge in [0.1, 0.15) is 0 Å². The first kappa shape index (κ1) is 15.3. The van der Waals surface area contributed by atoms with E-state index >= 15 is 0 Å². The fourth-order valence-corrected chi connectivity index (χ4v) is 4.36. The monoisotopic (exact) mass is 308 g/mol. The molecule has 3 fully saturated rings. The molecule has 3 saturated carbocycles. The second kappa shape index (κ2) is 6.23. The lowest BCUT2D eigenvalue weighted by molar-refractivity contribution is -0.128. The summed E-state index contributed by atoms with van der Waals surface area (Å²) in [6, 6.07) is 0. The van der Waals surface area contributed by atoms with Crippen LogP contribution in [0.5, 0.6) is 0 Å². The van der Waals surface area contributed by atoms with Gasteiger partial charge in [-0.25, -0.2) is 0 Å². The van der Waals surface area contributed by atoms with Gasteiger partial charge in [-0.05, 0) is 56.3 Å². The van der Waals surface area contributed by atoms with Gasteiger partial charge >= 0.3 is 0 Å². The summed E-state index contributed by atoms with van der Waals surface area (Å²) in [6.45, 7) is 0.846. The molecule has 21 heavy (non-hydrogen) atoms. The number of carbonyl (C=O) groups excluding carboxylic acids is 1. The van der Waals surface area contributed by atoms with E-state index in [1.54, 1.807) is 0 Å². The first-order valence-electron chi connectivity index (χ1n) is 8.72. The van der Waals surface area contributed by atoms with Crippen LogP contribution in [-0.4, -0.2) is 17.4 Å². The Labute approximate surface area is 133 Å². The Morgan fingerprint density at radius 2 is 1.62 bits per heavy atom. The summed E-state index contributed by atoms with van der Waals surface area (Å²) >= 11 is 5.29. The molecule has 4 heteroatoms. The van der Waals surface area contributed by atoms with Crippen molar-refractivity contribution in [1.29, 1.82) is 0 Å². The third-order valence-corrected chi connectivity index (χ3v) is 6.21. The van der Waals surface area contributed by atoms with Crippen molar-refractivity contribution in [3.05, 3.63) is 0 Å². The zero-order valence-corrected chi connectivity index (χ0v) is 13.7. The minimum Gasteiger partial charge on any atom is -0.392 e. The van der Waals surface area contributed by atoms with Crippen molar-refractivity contribution in [2.45, 2.75) is 64.2 Å². The lowest BCUT2D eigenvalue weighted by Gasteiger charge is -2.31. The van der Waals surface area contributed by atoms with Crippen LogP contribution < -0.4 is 11.1 Å². The first-order chi connectivity index (χ1) is 10.1. The number of nitrogens with one attached hydrogen (secondary N) is 1. The summed E-state index contributed by atoms with van der Waals surface area (Å²) in [7, 11) is 0. The molecular weight excluding hydrogens is 280 g/mol. The van der Waals surface area contributed by atoms with Crippen molar-refractivity contribution < 1.29 is 4.79 Å². The lowest BCUT2D eigenvalue weighted by Crippen LogP contribution is -2.50. The highest BCUT2D eigenvalue weighted by atomic mass is 32.1. The summed E-state index contributed by atoms with van der Waals surface area (Å²) in [5, 5.41) is 3.24. The molecule has 3 N–H and O–H groups in total. The van der Waals surface area contributed by atoms with E-state index in [1.165, 1.54) is 38.5 Å². The van der Waals surface area contributed by atoms with Crippen molar-refractivity contribution in [2.24, 2.45) is 28.9 Å². The average molecular weight is 308 g/mol. The molecule has 0 aliphatic heterocycles. The Morgan fingerprint density at radius 1 is 1.10 bits per heavy atom. The molecule has 0 saturated heterocycles. The Hall–Kier alpha value is -0.640. The molecule has 3 aliphatic carbocycles. The Balaban J connectivity index is 1.62. The molecule has 0 aromatic rings. The van der Waals surface area contributed by atoms with Gasteiger partial charge in [-0.2, -0.15) is 0 Å². The number of nitrogens with two attached hydrogens (primary N) is 1. The molecule has 3 nitrogen and oxygen atoms in total. The molecular formula is C17H28N2OS. The average Bonchev–Trinajstić information content (AvgIpc) is 3.31. The van der Waals surface area contributed by atoms with E-state index in [2.05, 4.69) is 5.32 Å². The van der Waals surface area contributed by atoms with Crippen molar-refractivity contribution in [3.8, 4) is 0 Å². The Bertz CT molecular complexity index is 395. The molecule has 0 heterocycles. The molecule has 0 atom stereocenters. The quantitative estimate of drug-likeness (QED) is 0.585. The van der Waals surface area contributed by atoms with E-state index in [0.29, 0.717) is 10.9 Å². The smallest absolute Gasteiger partial charge is 0.233 e. The number of rotatable bonds is 6. The van der Waals surface area contributed by atoms with Gasteiger partial charge < -0.3 is 11.1 Å². The minimum atomic E-state index is -0.566. The van der Waals surface area contributed by atoms with Gasteiger partial charge in [-0.1, -0.05) is 37.9 Å². The number of hydrogen-bond donors (Lipinski definition) is 2. The highest BCUT2D eigenvalue weighted by molar-refractivity contribution is 7.80. The third-order valence-electron chi connectivity index (χ3n) is 5.82. The van der Waals surface area contributed by atoms with Crippen LogP contribution in [0.1, 0.15) is 64.2 Å². The molecule has 0 spiro atoms. The van der Waals surface area contributed by atoms with Crippen LogP contribution in [0.15, 0.2) is 0 Å². The molecule has 0 aromatic heterocycles. The number of carbonyl (C=O) groups is 1. The van der Waals surface area contributed by atoms with Crippen molar-refractivity contribution >= 4 is 23.1 Å². The van der Waals surface area contributed by atoms with Crippen LogP contribution >= 0.6 is 12.2 Å². The molecule has 3 aliphatic rings. The Kier molecular flexibility index (Phi) is 4.53. The summed E-state index contributed by atoms with van der Waals surface area (Å²) in [5.41, 5.74) is 5.43. The van der Waals surface area contributed by atoms with Crippen LogP contribution in [-0.2, 0) is 4.79 Å². The normalized spacial score (nSPS) is 25.4. The summed E-state index contributed by atoms with van der Waals surface area (Å²) in [6.07, 6.45) is 11.6. The molecule has 0 bridgehead atoms. The summed E-state index contributed by atoms with van der Waals surface area (Å²) < 4.78 is 0. The molecule has 3 rings (SSSR count). The fourth-order valence-electron chi connectivity index (χ4n) is 4.06. The van der Waals surface area contributed by atoms with Crippen molar-refractivity contribution in [3.63, 3.8) is 0 Å². The van der Waals surface area contributed by atoms with E-state index in [4.69, 9.17) is 18.0 Å². The molecule has 118 valence electrons. The van der Waals surface area contributed by atoms with E-state index in [0.717, 1.165) is 44.1 Å². The number of amides is 1. The van der Waals surface area contributed by atoms with Gasteiger partial charge in [0.05, 0.1) is 10.4 Å². The largest absolute Gasteiger partial charge is 0.392 e. The molecule has 0 aromatic carbocycles. The Morgan fingerprint density at radius 3 is 2.05 bits per heavy atom. The van der Waals surface area contributed by atoms with Gasteiger partial charge in [0.15, 0.2) is 0 Å². The maximum atomic E-state index is 12.8. The second-order valence-electron chi connectivity index (χ2n) is 7.41. The molecule has 0 unspecified atom stereocenters. The molecule has 0 radical (unpaired) electrons. The maximum Gasteiger partial charge on any atom is 0.233 e. The highest BCUT2D eigenvalue weighted by Gasteiger charge is 2.44. The predicted octanol–water partition coefficient (Wildman–Crippen LogP) is 3.17. The SMILES string of the molecule is NC(=S)C1(C(=O)NCC(C2CC2)C2CC2)CCCCCC1. The zero-order chi connectivity index (χ0) is 14.9. The maximum absolute atomic E-state index is 12.8. The van der Waals surface area contributed by atoms with Gasteiger partial charge in [0.2, 0.25) is 5.91 Å². The van der Waals surface area contributed by atoms with Gasteiger partial charge in [0.25, 0.3) is 0 Å². The van der Waals surface area contributed by atoms with Gasteiger partial charge in [-0.3, -0.25) is 4.79 Å². The highest BCUT2D eigenvalue weighted by Crippen LogP contribution is 2.49. The van der Waals surface area contributed by atoms with E-state index in [1.807, 2.05) is 0 Å². The van der Waals surface area contributed by atoms with Crippen molar-refractivity contribution in [1.82, 2.24) is 5.32 Å². The van der Waals surface area contributed by atoms with Crippen LogP contribution in [0.25, 0.3) is 0 Å². The standard InChI is InChI=1S/C17H28N2OS/c18-15(21)17(9-3-1-2-4-10-17)16(20)19-11-14(12-5-6-12)13-7-8-13/h12-14H,1-11H2,(H2,18,21)(H,19,20). The second-order valence-corrected chi connectivity index (χ2v) is 7.85. The van der Waals surface area contributed by atoms with Crippen LogP contribution in [0, 0.1) is 23.2 Å². The predicted molar refractivity (Wildman–Crippen MR) is 88.9 cm³/mol. The lowest BCUT2D eigenvalue weighted by atomic mass is 9.79. The zero-order valence-electron chi connectivity index (χ0n) is 12.9. The number of hydrogen-bond acceptors (Lipinski definition) is 2. The minimum absolute atomic E-state index is 0.114. The number of thiocarbonyl (C=S) groups is 1.